The van der Waals surface area contributed by atoms with Crippen LogP contribution in [0.3, 0.4) is 0 Å². The highest BCUT2D eigenvalue weighted by Crippen LogP contribution is 2.28. The van der Waals surface area contributed by atoms with Crippen LogP contribution >= 0.6 is 0 Å². The molecule has 2 atom stereocenters. The normalized spacial score (nSPS) is 21.7. The van der Waals surface area contributed by atoms with Gasteiger partial charge in [0.1, 0.15) is 0 Å². The molecular formula is C19H29NO3S. The lowest BCUT2D eigenvalue weighted by molar-refractivity contribution is -0.125. The first kappa shape index (κ1) is 19.0. The van der Waals surface area contributed by atoms with Crippen LogP contribution in [-0.4, -0.2) is 25.8 Å². The molecule has 1 heterocycles. The maximum absolute atomic E-state index is 12.5. The molecule has 0 spiro atoms. The molecule has 0 aliphatic carbocycles. The summed E-state index contributed by atoms with van der Waals surface area (Å²) in [7, 11) is -3.04. The third-order valence-corrected chi connectivity index (χ3v) is 6.47. The first-order chi connectivity index (χ1) is 11.0. The molecule has 1 aromatic carbocycles. The Labute approximate surface area is 146 Å². The molecule has 24 heavy (non-hydrogen) atoms. The maximum Gasteiger partial charge on any atom is 0.224 e. The van der Waals surface area contributed by atoms with Crippen molar-refractivity contribution >= 4 is 15.7 Å². The Morgan fingerprint density at radius 2 is 1.75 bits per heavy atom. The number of carbonyl (C=O) groups excluding carboxylic acids is 1. The van der Waals surface area contributed by atoms with Crippen molar-refractivity contribution in [2.24, 2.45) is 11.8 Å². The van der Waals surface area contributed by atoms with E-state index >= 15 is 0 Å². The van der Waals surface area contributed by atoms with Gasteiger partial charge in [0, 0.05) is 0 Å². The number of hydrogen-bond donors (Lipinski definition) is 1. The average Bonchev–Trinajstić information content (AvgIpc) is 2.84. The minimum atomic E-state index is -3.04. The third-order valence-electron chi connectivity index (χ3n) is 4.70. The van der Waals surface area contributed by atoms with Gasteiger partial charge in [-0.05, 0) is 28.9 Å². The first-order valence-corrected chi connectivity index (χ1v) is 10.4. The molecule has 0 radical (unpaired) electrons. The highest BCUT2D eigenvalue weighted by atomic mass is 32.2. The van der Waals surface area contributed by atoms with Crippen LogP contribution in [0.4, 0.5) is 0 Å². The highest BCUT2D eigenvalue weighted by Gasteiger charge is 2.34. The lowest BCUT2D eigenvalue weighted by atomic mass is 9.85. The molecule has 134 valence electrons. The van der Waals surface area contributed by atoms with Gasteiger partial charge in [-0.2, -0.15) is 0 Å². The molecule has 1 aliphatic rings. The van der Waals surface area contributed by atoms with Crippen molar-refractivity contribution in [1.29, 1.82) is 0 Å². The van der Waals surface area contributed by atoms with Crippen LogP contribution in [0.1, 0.15) is 58.2 Å². The lowest BCUT2D eigenvalue weighted by Crippen LogP contribution is -2.36. The summed E-state index contributed by atoms with van der Waals surface area (Å²) in [5.41, 5.74) is 2.40. The third kappa shape index (κ3) is 4.59. The van der Waals surface area contributed by atoms with Crippen LogP contribution < -0.4 is 5.32 Å². The van der Waals surface area contributed by atoms with Gasteiger partial charge in [0.05, 0.1) is 23.5 Å². The zero-order valence-electron chi connectivity index (χ0n) is 15.3. The van der Waals surface area contributed by atoms with E-state index in [0.717, 1.165) is 5.56 Å². The summed E-state index contributed by atoms with van der Waals surface area (Å²) in [6.07, 6.45) is 0.432. The average molecular weight is 352 g/mol. The van der Waals surface area contributed by atoms with Crippen LogP contribution in [0.2, 0.25) is 0 Å². The van der Waals surface area contributed by atoms with Gasteiger partial charge in [-0.15, -0.1) is 0 Å². The molecule has 0 saturated carbocycles. The molecule has 0 unspecified atom stereocenters. The first-order valence-electron chi connectivity index (χ1n) is 8.61. The van der Waals surface area contributed by atoms with Crippen LogP contribution in [0.5, 0.6) is 0 Å². The highest BCUT2D eigenvalue weighted by molar-refractivity contribution is 7.91. The Kier molecular flexibility index (Phi) is 5.43. The SMILES string of the molecule is CC(C)[C@@H](NC(=O)[C@@H]1CCS(=O)(=O)C1)c1ccc(C(C)(C)C)cc1. The summed E-state index contributed by atoms with van der Waals surface area (Å²) >= 11 is 0. The van der Waals surface area contributed by atoms with Gasteiger partial charge in [-0.3, -0.25) is 4.79 Å². The minimum Gasteiger partial charge on any atom is -0.349 e. The number of rotatable bonds is 4. The monoisotopic (exact) mass is 351 g/mol. The second-order valence-electron chi connectivity index (χ2n) is 8.20. The Hall–Kier alpha value is -1.36. The Bertz CT molecular complexity index is 684. The molecular weight excluding hydrogens is 322 g/mol. The molecule has 1 saturated heterocycles. The quantitative estimate of drug-likeness (QED) is 0.906. The number of hydrogen-bond acceptors (Lipinski definition) is 3. The van der Waals surface area contributed by atoms with Gasteiger partial charge < -0.3 is 5.32 Å². The number of carbonyl (C=O) groups is 1. The second-order valence-corrected chi connectivity index (χ2v) is 10.4. The number of amides is 1. The van der Waals surface area contributed by atoms with Gasteiger partial charge in [0.25, 0.3) is 0 Å². The zero-order chi connectivity index (χ0) is 18.1. The lowest BCUT2D eigenvalue weighted by Gasteiger charge is -2.26. The van der Waals surface area contributed by atoms with Crippen LogP contribution in [-0.2, 0) is 20.0 Å². The Balaban J connectivity index is 2.14. The molecule has 1 aromatic rings. The summed E-state index contributed by atoms with van der Waals surface area (Å²) in [6.45, 7) is 10.6. The van der Waals surface area contributed by atoms with Crippen molar-refractivity contribution in [2.45, 2.75) is 52.5 Å². The van der Waals surface area contributed by atoms with E-state index in [1.807, 2.05) is 0 Å². The van der Waals surface area contributed by atoms with E-state index in [0.29, 0.717) is 6.42 Å². The maximum atomic E-state index is 12.5. The van der Waals surface area contributed by atoms with E-state index < -0.39 is 15.8 Å². The molecule has 1 aliphatic heterocycles. The summed E-state index contributed by atoms with van der Waals surface area (Å²) in [5, 5.41) is 3.07. The molecule has 4 nitrogen and oxygen atoms in total. The van der Waals surface area contributed by atoms with Gasteiger partial charge in [-0.25, -0.2) is 8.42 Å². The molecule has 5 heteroatoms. The second kappa shape index (κ2) is 6.87. The topological polar surface area (TPSA) is 63.2 Å². The van der Waals surface area contributed by atoms with Gasteiger partial charge >= 0.3 is 0 Å². The summed E-state index contributed by atoms with van der Waals surface area (Å²) in [6, 6.07) is 8.25. The van der Waals surface area contributed by atoms with E-state index in [-0.39, 0.29) is 34.8 Å². The molecule has 0 aromatic heterocycles. The fourth-order valence-corrected chi connectivity index (χ4v) is 4.84. The largest absolute Gasteiger partial charge is 0.349 e. The minimum absolute atomic E-state index is 0.0212. The summed E-state index contributed by atoms with van der Waals surface area (Å²) in [4.78, 5) is 12.5. The fourth-order valence-electron chi connectivity index (χ4n) is 3.10. The summed E-state index contributed by atoms with van der Waals surface area (Å²) < 4.78 is 23.2. The smallest absolute Gasteiger partial charge is 0.224 e. The Morgan fingerprint density at radius 3 is 2.17 bits per heavy atom. The van der Waals surface area contributed by atoms with Crippen LogP contribution in [0, 0.1) is 11.8 Å². The van der Waals surface area contributed by atoms with E-state index in [9.17, 15) is 13.2 Å². The molecule has 1 N–H and O–H groups in total. The zero-order valence-corrected chi connectivity index (χ0v) is 16.1. The van der Waals surface area contributed by atoms with Gasteiger partial charge in [-0.1, -0.05) is 58.9 Å². The van der Waals surface area contributed by atoms with Crippen molar-refractivity contribution in [1.82, 2.24) is 5.32 Å². The standard InChI is InChI=1S/C19H29NO3S/c1-13(2)17(14-6-8-16(9-7-14)19(3,4)5)20-18(21)15-10-11-24(22,23)12-15/h6-9,13,15,17H,10-12H2,1-5H3,(H,20,21)/t15-,17-/m1/s1. The number of benzene rings is 1. The van der Waals surface area contributed by atoms with Crippen LogP contribution in [0.15, 0.2) is 24.3 Å². The predicted octanol–water partition coefficient (Wildman–Crippen LogP) is 3.23. The van der Waals surface area contributed by atoms with Gasteiger partial charge in [0.2, 0.25) is 5.91 Å². The van der Waals surface area contributed by atoms with Gasteiger partial charge in [0.15, 0.2) is 9.84 Å². The molecule has 0 bridgehead atoms. The van der Waals surface area contributed by atoms with E-state index in [2.05, 4.69) is 64.2 Å². The summed E-state index contributed by atoms with van der Waals surface area (Å²) in [5.74, 6) is -0.225. The van der Waals surface area contributed by atoms with Crippen molar-refractivity contribution in [2.75, 3.05) is 11.5 Å². The van der Waals surface area contributed by atoms with Crippen molar-refractivity contribution in [3.8, 4) is 0 Å². The van der Waals surface area contributed by atoms with Crippen molar-refractivity contribution in [3.05, 3.63) is 35.4 Å². The van der Waals surface area contributed by atoms with E-state index in [1.165, 1.54) is 5.56 Å². The van der Waals surface area contributed by atoms with E-state index in [1.54, 1.807) is 0 Å². The Morgan fingerprint density at radius 1 is 1.17 bits per heavy atom. The predicted molar refractivity (Wildman–Crippen MR) is 97.6 cm³/mol. The van der Waals surface area contributed by atoms with E-state index in [4.69, 9.17) is 0 Å². The fraction of sp³-hybridized carbons (Fsp3) is 0.632. The van der Waals surface area contributed by atoms with Crippen molar-refractivity contribution < 1.29 is 13.2 Å². The molecule has 1 amide bonds. The molecule has 2 rings (SSSR count). The number of sulfone groups is 1. The molecule has 1 fully saturated rings. The number of nitrogens with one attached hydrogen (secondary N) is 1. The van der Waals surface area contributed by atoms with Crippen LogP contribution in [0.25, 0.3) is 0 Å². The van der Waals surface area contributed by atoms with Crippen molar-refractivity contribution in [3.63, 3.8) is 0 Å².